The summed E-state index contributed by atoms with van der Waals surface area (Å²) in [6.07, 6.45) is 2.06. The monoisotopic (exact) mass is 351 g/mol. The summed E-state index contributed by atoms with van der Waals surface area (Å²) in [6.45, 7) is 0.567. The number of fused-ring (bicyclic) bond motifs is 1. The van der Waals surface area contributed by atoms with Gasteiger partial charge >= 0.3 is 6.09 Å². The summed E-state index contributed by atoms with van der Waals surface area (Å²) in [6, 6.07) is 17.4. The van der Waals surface area contributed by atoms with E-state index in [2.05, 4.69) is 15.6 Å². The van der Waals surface area contributed by atoms with Gasteiger partial charge in [-0.05, 0) is 23.6 Å². The number of para-hydroxylation sites is 1. The number of carbonyl (C=O) groups excluding carboxylic acids is 2. The molecule has 26 heavy (non-hydrogen) atoms. The molecule has 0 aliphatic carbocycles. The molecule has 6 heteroatoms. The third-order valence-corrected chi connectivity index (χ3v) is 4.00. The molecular weight excluding hydrogens is 330 g/mol. The Hall–Kier alpha value is -3.28. The molecule has 6 nitrogen and oxygen atoms in total. The molecule has 1 aromatic heterocycles. The van der Waals surface area contributed by atoms with Crippen LogP contribution in [0, 0.1) is 0 Å². The summed E-state index contributed by atoms with van der Waals surface area (Å²) >= 11 is 0. The molecule has 2 aromatic carbocycles. The third kappa shape index (κ3) is 4.86. The van der Waals surface area contributed by atoms with Crippen molar-refractivity contribution in [3.63, 3.8) is 0 Å². The van der Waals surface area contributed by atoms with Crippen molar-refractivity contribution in [3.8, 4) is 0 Å². The summed E-state index contributed by atoms with van der Waals surface area (Å²) in [5.41, 5.74) is 3.12. The van der Waals surface area contributed by atoms with Crippen LogP contribution in [0.25, 0.3) is 10.9 Å². The normalized spacial score (nSPS) is 10.5. The van der Waals surface area contributed by atoms with Crippen LogP contribution >= 0.6 is 0 Å². The minimum absolute atomic E-state index is 0.110. The Morgan fingerprint density at radius 1 is 0.962 bits per heavy atom. The number of rotatable bonds is 7. The zero-order valence-electron chi connectivity index (χ0n) is 14.3. The Bertz CT molecular complexity index is 874. The predicted molar refractivity (Wildman–Crippen MR) is 99.6 cm³/mol. The van der Waals surface area contributed by atoms with E-state index in [0.29, 0.717) is 13.0 Å². The quantitative estimate of drug-likeness (QED) is 0.612. The van der Waals surface area contributed by atoms with E-state index in [1.165, 1.54) is 0 Å². The fourth-order valence-corrected chi connectivity index (χ4v) is 2.66. The van der Waals surface area contributed by atoms with Crippen LogP contribution in [0.1, 0.15) is 11.1 Å². The summed E-state index contributed by atoms with van der Waals surface area (Å²) in [5.74, 6) is -0.249. The molecule has 0 aliphatic rings. The highest BCUT2D eigenvalue weighted by atomic mass is 16.5. The van der Waals surface area contributed by atoms with Crippen LogP contribution in [0.3, 0.4) is 0 Å². The van der Waals surface area contributed by atoms with Gasteiger partial charge in [0, 0.05) is 23.6 Å². The Kier molecular flexibility index (Phi) is 5.88. The minimum Gasteiger partial charge on any atom is -0.445 e. The molecule has 0 fully saturated rings. The van der Waals surface area contributed by atoms with Crippen LogP contribution in [0.5, 0.6) is 0 Å². The van der Waals surface area contributed by atoms with Gasteiger partial charge in [0.05, 0.1) is 6.54 Å². The van der Waals surface area contributed by atoms with Crippen LogP contribution < -0.4 is 10.6 Å². The number of ether oxygens (including phenoxy) is 1. The smallest absolute Gasteiger partial charge is 0.407 e. The molecule has 1 heterocycles. The van der Waals surface area contributed by atoms with Gasteiger partial charge in [0.15, 0.2) is 0 Å². The van der Waals surface area contributed by atoms with E-state index in [4.69, 9.17) is 4.74 Å². The Balaban J connectivity index is 1.34. The van der Waals surface area contributed by atoms with Crippen molar-refractivity contribution in [2.45, 2.75) is 13.0 Å². The molecule has 2 amide bonds. The fourth-order valence-electron chi connectivity index (χ4n) is 2.66. The standard InChI is InChI=1S/C20H21N3O3/c24-19(13-23-20(25)26-14-15-6-2-1-3-7-15)21-11-10-16-12-22-18-9-5-4-8-17(16)18/h1-9,12,22H,10-11,13-14H2,(H,21,24)(H,23,25). The maximum Gasteiger partial charge on any atom is 0.407 e. The topological polar surface area (TPSA) is 83.2 Å². The Morgan fingerprint density at radius 3 is 2.58 bits per heavy atom. The predicted octanol–water partition coefficient (Wildman–Crippen LogP) is 2.75. The molecule has 3 rings (SSSR count). The molecule has 0 saturated heterocycles. The van der Waals surface area contributed by atoms with Crippen molar-refractivity contribution in [2.24, 2.45) is 0 Å². The Labute approximate surface area is 151 Å². The summed E-state index contributed by atoms with van der Waals surface area (Å²) in [5, 5.41) is 6.40. The third-order valence-electron chi connectivity index (χ3n) is 4.00. The van der Waals surface area contributed by atoms with Crippen molar-refractivity contribution < 1.29 is 14.3 Å². The minimum atomic E-state index is -0.611. The van der Waals surface area contributed by atoms with Crippen molar-refractivity contribution in [2.75, 3.05) is 13.1 Å². The van der Waals surface area contributed by atoms with E-state index < -0.39 is 6.09 Å². The zero-order valence-corrected chi connectivity index (χ0v) is 14.3. The molecule has 134 valence electrons. The highest BCUT2D eigenvalue weighted by molar-refractivity contribution is 5.84. The molecule has 3 aromatic rings. The van der Waals surface area contributed by atoms with Crippen LogP contribution in [0.4, 0.5) is 4.79 Å². The number of amides is 2. The number of H-pyrrole nitrogens is 1. The number of alkyl carbamates (subject to hydrolysis) is 1. The molecule has 0 unspecified atom stereocenters. The number of hydrogen-bond acceptors (Lipinski definition) is 3. The SMILES string of the molecule is O=C(CNC(=O)OCc1ccccc1)NCCc1c[nH]c2ccccc12. The lowest BCUT2D eigenvalue weighted by atomic mass is 10.1. The van der Waals surface area contributed by atoms with Crippen LogP contribution in [0.2, 0.25) is 0 Å². The summed E-state index contributed by atoms with van der Waals surface area (Å²) in [7, 11) is 0. The molecule has 0 aliphatic heterocycles. The first-order valence-corrected chi connectivity index (χ1v) is 8.48. The van der Waals surface area contributed by atoms with E-state index in [1.54, 1.807) is 0 Å². The van der Waals surface area contributed by atoms with Gasteiger partial charge in [0.25, 0.3) is 0 Å². The van der Waals surface area contributed by atoms with E-state index in [0.717, 1.165) is 22.0 Å². The maximum atomic E-state index is 11.8. The molecule has 0 atom stereocenters. The van der Waals surface area contributed by atoms with Crippen molar-refractivity contribution in [1.29, 1.82) is 0 Å². The molecule has 0 bridgehead atoms. The number of carbonyl (C=O) groups is 2. The highest BCUT2D eigenvalue weighted by Crippen LogP contribution is 2.17. The van der Waals surface area contributed by atoms with Gasteiger partial charge in [-0.2, -0.15) is 0 Å². The highest BCUT2D eigenvalue weighted by Gasteiger charge is 2.07. The first-order valence-electron chi connectivity index (χ1n) is 8.48. The van der Waals surface area contributed by atoms with E-state index >= 15 is 0 Å². The lowest BCUT2D eigenvalue weighted by molar-refractivity contribution is -0.120. The maximum absolute atomic E-state index is 11.8. The molecule has 0 saturated carbocycles. The second-order valence-corrected chi connectivity index (χ2v) is 5.87. The second-order valence-electron chi connectivity index (χ2n) is 5.87. The number of benzene rings is 2. The number of aromatic nitrogens is 1. The van der Waals surface area contributed by atoms with Gasteiger partial charge < -0.3 is 20.4 Å². The largest absolute Gasteiger partial charge is 0.445 e. The van der Waals surface area contributed by atoms with Gasteiger partial charge in [-0.25, -0.2) is 4.79 Å². The van der Waals surface area contributed by atoms with Crippen molar-refractivity contribution >= 4 is 22.9 Å². The van der Waals surface area contributed by atoms with Gasteiger partial charge in [0.2, 0.25) is 5.91 Å². The van der Waals surface area contributed by atoms with Gasteiger partial charge in [-0.15, -0.1) is 0 Å². The van der Waals surface area contributed by atoms with E-state index in [1.807, 2.05) is 60.8 Å². The van der Waals surface area contributed by atoms with E-state index in [-0.39, 0.29) is 19.1 Å². The number of hydrogen-bond donors (Lipinski definition) is 3. The first-order chi connectivity index (χ1) is 12.7. The lowest BCUT2D eigenvalue weighted by Crippen LogP contribution is -2.37. The first kappa shape index (κ1) is 17.5. The van der Waals surface area contributed by atoms with Crippen molar-refractivity contribution in [3.05, 3.63) is 71.9 Å². The molecule has 0 radical (unpaired) electrons. The number of aromatic amines is 1. The average Bonchev–Trinajstić information content (AvgIpc) is 3.09. The summed E-state index contributed by atoms with van der Waals surface area (Å²) < 4.78 is 5.06. The molecular formula is C20H21N3O3. The van der Waals surface area contributed by atoms with Crippen LogP contribution in [-0.4, -0.2) is 30.1 Å². The van der Waals surface area contributed by atoms with Crippen LogP contribution in [0.15, 0.2) is 60.8 Å². The fraction of sp³-hybridized carbons (Fsp3) is 0.200. The number of nitrogens with one attached hydrogen (secondary N) is 3. The molecule has 0 spiro atoms. The van der Waals surface area contributed by atoms with Crippen molar-refractivity contribution in [1.82, 2.24) is 15.6 Å². The second kappa shape index (κ2) is 8.71. The van der Waals surface area contributed by atoms with Gasteiger partial charge in [-0.3, -0.25) is 4.79 Å². The van der Waals surface area contributed by atoms with Gasteiger partial charge in [0.1, 0.15) is 6.61 Å². The zero-order chi connectivity index (χ0) is 18.2. The van der Waals surface area contributed by atoms with Gasteiger partial charge in [-0.1, -0.05) is 48.5 Å². The lowest BCUT2D eigenvalue weighted by Gasteiger charge is -2.08. The average molecular weight is 351 g/mol. The van der Waals surface area contributed by atoms with E-state index in [9.17, 15) is 9.59 Å². The summed E-state index contributed by atoms with van der Waals surface area (Å²) in [4.78, 5) is 26.6. The van der Waals surface area contributed by atoms with Crippen LogP contribution in [-0.2, 0) is 22.6 Å². The Morgan fingerprint density at radius 2 is 1.73 bits per heavy atom. The molecule has 3 N–H and O–H groups in total.